The summed E-state index contributed by atoms with van der Waals surface area (Å²) in [5, 5.41) is 3.60. The third kappa shape index (κ3) is 2.57. The summed E-state index contributed by atoms with van der Waals surface area (Å²) < 4.78 is 0. The Morgan fingerprint density at radius 3 is 2.37 bits per heavy atom. The van der Waals surface area contributed by atoms with Gasteiger partial charge in [0, 0.05) is 10.6 Å². The van der Waals surface area contributed by atoms with E-state index < -0.39 is 0 Å². The van der Waals surface area contributed by atoms with Gasteiger partial charge in [0.1, 0.15) is 0 Å². The van der Waals surface area contributed by atoms with Crippen LogP contribution in [0.15, 0.2) is 66.8 Å². The molecule has 0 N–H and O–H groups in total. The number of hydrogen-bond donors (Lipinski definition) is 0. The summed E-state index contributed by atoms with van der Waals surface area (Å²) in [7, 11) is 0. The molecule has 0 spiro atoms. The van der Waals surface area contributed by atoms with Crippen molar-refractivity contribution in [3.05, 3.63) is 83.3 Å². The van der Waals surface area contributed by atoms with Crippen LogP contribution in [0.25, 0.3) is 33.3 Å². The van der Waals surface area contributed by atoms with Crippen LogP contribution in [0.5, 0.6) is 0 Å². The van der Waals surface area contributed by atoms with Crippen LogP contribution in [-0.2, 0) is 0 Å². The average Bonchev–Trinajstić information content (AvgIpc) is 2.47. The quantitative estimate of drug-likeness (QED) is 0.401. The average molecular weight is 247 g/mol. The van der Waals surface area contributed by atoms with Crippen molar-refractivity contribution in [1.29, 1.82) is 0 Å². The molecule has 3 heteroatoms. The lowest BCUT2D eigenvalue weighted by Gasteiger charge is -2.11. The van der Waals surface area contributed by atoms with E-state index in [0.29, 0.717) is 5.70 Å². The van der Waals surface area contributed by atoms with Crippen molar-refractivity contribution in [3.63, 3.8) is 0 Å². The van der Waals surface area contributed by atoms with Gasteiger partial charge in [0.2, 0.25) is 0 Å². The molecule has 0 aliphatic carbocycles. The Kier molecular flexibility index (Phi) is 3.81. The third-order valence-corrected chi connectivity index (χ3v) is 2.87. The first-order valence-corrected chi connectivity index (χ1v) is 5.83. The molecular weight excluding hydrogens is 234 g/mol. The van der Waals surface area contributed by atoms with Gasteiger partial charge >= 0.3 is 0 Å². The number of benzene rings is 2. The van der Waals surface area contributed by atoms with Crippen molar-refractivity contribution in [2.24, 2.45) is 5.11 Å². The molecule has 0 unspecified atom stereocenters. The number of nitrogens with zero attached hydrogens (tertiary/aromatic N) is 3. The summed E-state index contributed by atoms with van der Waals surface area (Å²) >= 11 is 0. The molecule has 2 aromatic carbocycles. The maximum atomic E-state index is 8.54. The third-order valence-electron chi connectivity index (χ3n) is 2.87. The van der Waals surface area contributed by atoms with Crippen molar-refractivity contribution >= 4 is 11.8 Å². The predicted molar refractivity (Wildman–Crippen MR) is 80.1 cm³/mol. The normalized spacial score (nSPS) is 9.47. The first kappa shape index (κ1) is 12.7. The Labute approximate surface area is 112 Å². The summed E-state index contributed by atoms with van der Waals surface area (Å²) in [5.41, 5.74) is 12.8. The molecule has 3 nitrogen and oxygen atoms in total. The van der Waals surface area contributed by atoms with E-state index in [2.05, 4.69) is 23.2 Å². The molecule has 0 amide bonds. The zero-order valence-electron chi connectivity index (χ0n) is 10.5. The smallest absolute Gasteiger partial charge is 0.0382 e. The summed E-state index contributed by atoms with van der Waals surface area (Å²) in [4.78, 5) is 2.79. The highest BCUT2D eigenvalue weighted by molar-refractivity contribution is 5.84. The van der Waals surface area contributed by atoms with Gasteiger partial charge in [-0.2, -0.15) is 0 Å². The van der Waals surface area contributed by atoms with Gasteiger partial charge in [-0.3, -0.25) is 0 Å². The standard InChI is InChI=1S/C16H13N3/c1-3-13-8-4-5-10-15(13)16-11-7-6-9-14(16)12(2)18-19-17/h3-11H,1-2H2. The lowest BCUT2D eigenvalue weighted by molar-refractivity contribution is 1.47. The van der Waals surface area contributed by atoms with E-state index in [1.54, 1.807) is 0 Å². The number of azide groups is 1. The van der Waals surface area contributed by atoms with Gasteiger partial charge in [-0.05, 0) is 27.8 Å². The molecular formula is C16H13N3. The lowest BCUT2D eigenvalue weighted by atomic mass is 9.94. The van der Waals surface area contributed by atoms with Crippen LogP contribution >= 0.6 is 0 Å². The van der Waals surface area contributed by atoms with Gasteiger partial charge in [0.25, 0.3) is 0 Å². The van der Waals surface area contributed by atoms with E-state index in [9.17, 15) is 0 Å². The monoisotopic (exact) mass is 247 g/mol. The molecule has 0 aromatic heterocycles. The second-order valence-electron chi connectivity index (χ2n) is 3.97. The van der Waals surface area contributed by atoms with Crippen LogP contribution in [0, 0.1) is 0 Å². The summed E-state index contributed by atoms with van der Waals surface area (Å²) in [6.45, 7) is 7.63. The fourth-order valence-electron chi connectivity index (χ4n) is 2.00. The second kappa shape index (κ2) is 5.71. The first-order chi connectivity index (χ1) is 9.27. The Bertz CT molecular complexity index is 680. The van der Waals surface area contributed by atoms with Crippen molar-refractivity contribution in [2.45, 2.75) is 0 Å². The zero-order chi connectivity index (χ0) is 13.7. The van der Waals surface area contributed by atoms with Crippen LogP contribution in [-0.4, -0.2) is 0 Å². The highest BCUT2D eigenvalue weighted by Crippen LogP contribution is 2.31. The van der Waals surface area contributed by atoms with E-state index in [1.165, 1.54) is 0 Å². The van der Waals surface area contributed by atoms with Crippen LogP contribution < -0.4 is 0 Å². The van der Waals surface area contributed by atoms with E-state index in [0.717, 1.165) is 22.3 Å². The van der Waals surface area contributed by atoms with E-state index in [1.807, 2.05) is 54.6 Å². The fraction of sp³-hybridized carbons (Fsp3) is 0. The Hall–Kier alpha value is -2.77. The fourth-order valence-corrected chi connectivity index (χ4v) is 2.00. The molecule has 0 saturated carbocycles. The minimum atomic E-state index is 0.414. The molecule has 19 heavy (non-hydrogen) atoms. The van der Waals surface area contributed by atoms with Crippen molar-refractivity contribution < 1.29 is 0 Å². The maximum absolute atomic E-state index is 8.54. The summed E-state index contributed by atoms with van der Waals surface area (Å²) in [6, 6.07) is 15.7. The molecule has 0 aliphatic heterocycles. The SMILES string of the molecule is C=Cc1ccccc1-c1ccccc1C(=C)N=[N+]=[N-]. The second-order valence-corrected chi connectivity index (χ2v) is 3.97. The van der Waals surface area contributed by atoms with Crippen LogP contribution in [0.2, 0.25) is 0 Å². The molecule has 0 heterocycles. The van der Waals surface area contributed by atoms with Crippen molar-refractivity contribution in [2.75, 3.05) is 0 Å². The molecule has 0 fully saturated rings. The molecule has 0 bridgehead atoms. The van der Waals surface area contributed by atoms with Crippen molar-refractivity contribution in [1.82, 2.24) is 0 Å². The number of rotatable bonds is 4. The van der Waals surface area contributed by atoms with Crippen molar-refractivity contribution in [3.8, 4) is 11.1 Å². The summed E-state index contributed by atoms with van der Waals surface area (Å²) in [6.07, 6.45) is 1.81. The van der Waals surface area contributed by atoms with Gasteiger partial charge in [-0.25, -0.2) is 0 Å². The van der Waals surface area contributed by atoms with Crippen LogP contribution in [0.1, 0.15) is 11.1 Å². The Morgan fingerprint density at radius 2 is 1.68 bits per heavy atom. The van der Waals surface area contributed by atoms with Gasteiger partial charge in [0.15, 0.2) is 0 Å². The highest BCUT2D eigenvalue weighted by Gasteiger charge is 2.08. The van der Waals surface area contributed by atoms with Gasteiger partial charge in [-0.1, -0.05) is 72.9 Å². The Balaban J connectivity index is 2.66. The molecule has 0 radical (unpaired) electrons. The maximum Gasteiger partial charge on any atom is 0.0382 e. The molecule has 0 saturated heterocycles. The molecule has 0 atom stereocenters. The van der Waals surface area contributed by atoms with E-state index in [4.69, 9.17) is 5.53 Å². The minimum absolute atomic E-state index is 0.414. The molecule has 92 valence electrons. The lowest BCUT2D eigenvalue weighted by Crippen LogP contribution is -1.89. The zero-order valence-corrected chi connectivity index (χ0v) is 10.5. The first-order valence-electron chi connectivity index (χ1n) is 5.83. The van der Waals surface area contributed by atoms with E-state index in [-0.39, 0.29) is 0 Å². The Morgan fingerprint density at radius 1 is 1.05 bits per heavy atom. The van der Waals surface area contributed by atoms with Crippen LogP contribution in [0.3, 0.4) is 0 Å². The predicted octanol–water partition coefficient (Wildman–Crippen LogP) is 5.28. The van der Waals surface area contributed by atoms with E-state index >= 15 is 0 Å². The largest absolute Gasteiger partial charge is 0.0984 e. The minimum Gasteiger partial charge on any atom is -0.0984 e. The molecule has 2 rings (SSSR count). The van der Waals surface area contributed by atoms with Gasteiger partial charge in [0.05, 0.1) is 0 Å². The highest BCUT2D eigenvalue weighted by atomic mass is 15.1. The molecule has 2 aromatic rings. The topological polar surface area (TPSA) is 48.8 Å². The number of hydrogen-bond acceptors (Lipinski definition) is 1. The summed E-state index contributed by atoms with van der Waals surface area (Å²) in [5.74, 6) is 0. The van der Waals surface area contributed by atoms with Crippen LogP contribution in [0.4, 0.5) is 0 Å². The van der Waals surface area contributed by atoms with Gasteiger partial charge < -0.3 is 0 Å². The van der Waals surface area contributed by atoms with Gasteiger partial charge in [-0.15, -0.1) is 0 Å². The molecule has 0 aliphatic rings.